The van der Waals surface area contributed by atoms with Crippen LogP contribution < -0.4 is 4.74 Å². The van der Waals surface area contributed by atoms with Crippen LogP contribution in [-0.2, 0) is 16.3 Å². The molecule has 1 aliphatic rings. The highest BCUT2D eigenvalue weighted by atomic mass is 35.5. The number of nitrogens with zero attached hydrogens (tertiary/aromatic N) is 2. The van der Waals surface area contributed by atoms with Crippen LogP contribution in [0.15, 0.2) is 47.4 Å². The summed E-state index contributed by atoms with van der Waals surface area (Å²) in [4.78, 5) is 2.53. The lowest BCUT2D eigenvalue weighted by molar-refractivity contribution is 0.136. The summed E-state index contributed by atoms with van der Waals surface area (Å²) >= 11 is 6.12. The van der Waals surface area contributed by atoms with Gasteiger partial charge in [0.15, 0.2) is 9.84 Å². The number of hydrogen-bond acceptors (Lipinski definition) is 6. The number of aliphatic hydroxyl groups is 1. The number of aliphatic hydroxyl groups excluding tert-OH is 1. The van der Waals surface area contributed by atoms with Crippen molar-refractivity contribution < 1.29 is 18.3 Å². The van der Waals surface area contributed by atoms with Crippen molar-refractivity contribution in [3.8, 4) is 11.8 Å². The van der Waals surface area contributed by atoms with Gasteiger partial charge in [-0.25, -0.2) is 8.42 Å². The Labute approximate surface area is 188 Å². The maximum Gasteiger partial charge on any atom is 0.175 e. The zero-order valence-corrected chi connectivity index (χ0v) is 19.2. The SMILES string of the molecule is C[C@@H]1CN(C(CO)Cc2cc(Cl)cc(C#N)c2)C[C@H]1COc1ccc(S(C)(=O)=O)cc1. The first-order chi connectivity index (χ1) is 14.7. The second-order valence-electron chi connectivity index (χ2n) is 8.25. The van der Waals surface area contributed by atoms with Gasteiger partial charge in [-0.2, -0.15) is 5.26 Å². The Bertz CT molecular complexity index is 1050. The summed E-state index contributed by atoms with van der Waals surface area (Å²) in [5, 5.41) is 19.7. The molecule has 1 unspecified atom stereocenters. The molecule has 166 valence electrons. The van der Waals surface area contributed by atoms with Crippen molar-refractivity contribution in [3.05, 3.63) is 58.6 Å². The first-order valence-corrected chi connectivity index (χ1v) is 12.4. The Morgan fingerprint density at radius 1 is 1.26 bits per heavy atom. The van der Waals surface area contributed by atoms with Crippen LogP contribution in [0, 0.1) is 23.2 Å². The van der Waals surface area contributed by atoms with E-state index in [-0.39, 0.29) is 23.5 Å². The highest BCUT2D eigenvalue weighted by molar-refractivity contribution is 7.90. The van der Waals surface area contributed by atoms with Gasteiger partial charge >= 0.3 is 0 Å². The van der Waals surface area contributed by atoms with Gasteiger partial charge in [-0.1, -0.05) is 18.5 Å². The van der Waals surface area contributed by atoms with Gasteiger partial charge in [-0.15, -0.1) is 0 Å². The Kier molecular flexibility index (Phi) is 7.60. The van der Waals surface area contributed by atoms with Crippen LogP contribution in [0.5, 0.6) is 5.75 Å². The summed E-state index contributed by atoms with van der Waals surface area (Å²) in [5.74, 6) is 1.32. The van der Waals surface area contributed by atoms with Crippen molar-refractivity contribution in [2.45, 2.75) is 24.3 Å². The van der Waals surface area contributed by atoms with Crippen LogP contribution >= 0.6 is 11.6 Å². The molecule has 0 aromatic heterocycles. The maximum absolute atomic E-state index is 11.6. The molecule has 2 aromatic rings. The third-order valence-electron chi connectivity index (χ3n) is 5.80. The minimum absolute atomic E-state index is 0.0155. The molecule has 0 radical (unpaired) electrons. The van der Waals surface area contributed by atoms with E-state index in [9.17, 15) is 13.5 Å². The molecule has 0 aliphatic carbocycles. The standard InChI is InChI=1S/C23H27ClN2O4S/c1-16-12-26(21(14-27)10-17-7-18(11-25)9-20(24)8-17)13-19(16)15-30-22-3-5-23(6-4-22)31(2,28)29/h3-9,16,19,21,27H,10,12-15H2,1-2H3/t16-,19+,21?/m1/s1. The fourth-order valence-electron chi connectivity index (χ4n) is 3.99. The number of benzene rings is 2. The molecule has 1 aliphatic heterocycles. The fourth-order valence-corrected chi connectivity index (χ4v) is 4.88. The van der Waals surface area contributed by atoms with Crippen molar-refractivity contribution in [2.75, 3.05) is 32.6 Å². The maximum atomic E-state index is 11.6. The monoisotopic (exact) mass is 462 g/mol. The lowest BCUT2D eigenvalue weighted by atomic mass is 9.99. The summed E-state index contributed by atoms with van der Waals surface area (Å²) in [6.07, 6.45) is 1.79. The molecule has 6 nitrogen and oxygen atoms in total. The van der Waals surface area contributed by atoms with Crippen LogP contribution in [0.2, 0.25) is 5.02 Å². The van der Waals surface area contributed by atoms with Crippen LogP contribution in [0.4, 0.5) is 0 Å². The van der Waals surface area contributed by atoms with E-state index in [0.717, 1.165) is 18.7 Å². The van der Waals surface area contributed by atoms with E-state index in [1.807, 2.05) is 12.1 Å². The third-order valence-corrected chi connectivity index (χ3v) is 7.14. The largest absolute Gasteiger partial charge is 0.493 e. The average molecular weight is 463 g/mol. The molecule has 31 heavy (non-hydrogen) atoms. The number of halogens is 1. The van der Waals surface area contributed by atoms with Gasteiger partial charge in [0.1, 0.15) is 5.75 Å². The van der Waals surface area contributed by atoms with E-state index in [1.54, 1.807) is 30.3 Å². The number of likely N-dealkylation sites (tertiary alicyclic amines) is 1. The highest BCUT2D eigenvalue weighted by Crippen LogP contribution is 2.28. The van der Waals surface area contributed by atoms with Crippen molar-refractivity contribution in [2.24, 2.45) is 11.8 Å². The van der Waals surface area contributed by atoms with Crippen molar-refractivity contribution in [1.82, 2.24) is 4.90 Å². The van der Waals surface area contributed by atoms with Crippen molar-refractivity contribution in [1.29, 1.82) is 5.26 Å². The van der Waals surface area contributed by atoms with Crippen LogP contribution in [-0.4, -0.2) is 57.0 Å². The lowest BCUT2D eigenvalue weighted by Crippen LogP contribution is -2.38. The summed E-state index contributed by atoms with van der Waals surface area (Å²) < 4.78 is 29.1. The molecule has 0 amide bonds. The topological polar surface area (TPSA) is 90.6 Å². The molecule has 2 aromatic carbocycles. The quantitative estimate of drug-likeness (QED) is 0.648. The Morgan fingerprint density at radius 2 is 1.97 bits per heavy atom. The van der Waals surface area contributed by atoms with E-state index in [1.165, 1.54) is 6.26 Å². The number of ether oxygens (including phenoxy) is 1. The third kappa shape index (κ3) is 6.20. The molecular formula is C23H27ClN2O4S. The van der Waals surface area contributed by atoms with Gasteiger partial charge in [0.2, 0.25) is 0 Å². The second-order valence-corrected chi connectivity index (χ2v) is 10.7. The molecule has 3 atom stereocenters. The van der Waals surface area contributed by atoms with Crippen molar-refractivity contribution >= 4 is 21.4 Å². The molecule has 0 saturated carbocycles. The molecule has 0 bridgehead atoms. The van der Waals surface area contributed by atoms with Gasteiger partial charge in [0, 0.05) is 36.3 Å². The van der Waals surface area contributed by atoms with Gasteiger partial charge in [0.25, 0.3) is 0 Å². The second kappa shape index (κ2) is 10.0. The normalized spacial score (nSPS) is 20.4. The van der Waals surface area contributed by atoms with E-state index >= 15 is 0 Å². The molecule has 0 spiro atoms. The molecule has 1 saturated heterocycles. The summed E-state index contributed by atoms with van der Waals surface area (Å²) in [6, 6.07) is 13.8. The fraction of sp³-hybridized carbons (Fsp3) is 0.435. The zero-order chi connectivity index (χ0) is 22.6. The first kappa shape index (κ1) is 23.6. The molecule has 8 heteroatoms. The average Bonchev–Trinajstić information content (AvgIpc) is 3.10. The summed E-state index contributed by atoms with van der Waals surface area (Å²) in [5.41, 5.74) is 1.45. The Morgan fingerprint density at radius 3 is 2.58 bits per heavy atom. The summed E-state index contributed by atoms with van der Waals surface area (Å²) in [6.45, 7) is 4.34. The highest BCUT2D eigenvalue weighted by Gasteiger charge is 2.34. The van der Waals surface area contributed by atoms with Crippen molar-refractivity contribution in [3.63, 3.8) is 0 Å². The van der Waals surface area contributed by atoms with Crippen LogP contribution in [0.1, 0.15) is 18.1 Å². The van der Waals surface area contributed by atoms with E-state index in [4.69, 9.17) is 21.6 Å². The molecule has 1 fully saturated rings. The van der Waals surface area contributed by atoms with E-state index in [2.05, 4.69) is 17.9 Å². The minimum Gasteiger partial charge on any atom is -0.493 e. The zero-order valence-electron chi connectivity index (χ0n) is 17.7. The predicted molar refractivity (Wildman–Crippen MR) is 120 cm³/mol. The molecule has 1 heterocycles. The van der Waals surface area contributed by atoms with E-state index in [0.29, 0.717) is 35.3 Å². The minimum atomic E-state index is -3.22. The smallest absolute Gasteiger partial charge is 0.175 e. The van der Waals surface area contributed by atoms with Crippen LogP contribution in [0.3, 0.4) is 0 Å². The lowest BCUT2D eigenvalue weighted by Gasteiger charge is -2.26. The first-order valence-electron chi connectivity index (χ1n) is 10.2. The Balaban J connectivity index is 1.60. The van der Waals surface area contributed by atoms with Gasteiger partial charge in [-0.3, -0.25) is 4.90 Å². The summed E-state index contributed by atoms with van der Waals surface area (Å²) in [7, 11) is -3.22. The van der Waals surface area contributed by atoms with Crippen LogP contribution in [0.25, 0.3) is 0 Å². The van der Waals surface area contributed by atoms with E-state index < -0.39 is 9.84 Å². The van der Waals surface area contributed by atoms with Gasteiger partial charge in [-0.05, 0) is 60.4 Å². The number of sulfone groups is 1. The molecule has 1 N–H and O–H groups in total. The number of nitriles is 1. The number of hydrogen-bond donors (Lipinski definition) is 1. The predicted octanol–water partition coefficient (Wildman–Crippen LogP) is 3.17. The Hall–Kier alpha value is -2.11. The molecular weight excluding hydrogens is 436 g/mol. The molecule has 3 rings (SSSR count). The van der Waals surface area contributed by atoms with Gasteiger partial charge in [0.05, 0.1) is 29.7 Å². The van der Waals surface area contributed by atoms with Gasteiger partial charge < -0.3 is 9.84 Å². The number of rotatable bonds is 8.